The smallest absolute Gasteiger partial charge is 0.344 e. The number of benzene rings is 2. The Balaban J connectivity index is 1.71. The van der Waals surface area contributed by atoms with Gasteiger partial charge in [-0.25, -0.2) is 9.78 Å². The number of carboxylic acids is 1. The molecule has 0 aliphatic carbocycles. The number of aliphatic carboxylic acids is 1. The third-order valence-electron chi connectivity index (χ3n) is 4.23. The highest BCUT2D eigenvalue weighted by atomic mass is 16.4. The van der Waals surface area contributed by atoms with Crippen LogP contribution in [0.2, 0.25) is 0 Å². The van der Waals surface area contributed by atoms with Crippen LogP contribution in [0.4, 0.5) is 0 Å². The van der Waals surface area contributed by atoms with Crippen molar-refractivity contribution in [3.8, 4) is 11.1 Å². The monoisotopic (exact) mass is 377 g/mol. The van der Waals surface area contributed by atoms with Gasteiger partial charge in [-0.05, 0) is 23.1 Å². The molecule has 0 spiro atoms. The molecule has 0 aliphatic rings. The van der Waals surface area contributed by atoms with E-state index in [0.29, 0.717) is 6.42 Å². The van der Waals surface area contributed by atoms with Gasteiger partial charge >= 0.3 is 11.7 Å². The average molecular weight is 377 g/mol. The number of hydrogen-bond acceptors (Lipinski definition) is 4. The van der Waals surface area contributed by atoms with Crippen molar-refractivity contribution in [1.29, 1.82) is 0 Å². The molecule has 142 valence electrons. The van der Waals surface area contributed by atoms with Crippen LogP contribution in [-0.4, -0.2) is 33.0 Å². The van der Waals surface area contributed by atoms with Crippen LogP contribution in [0, 0.1) is 0 Å². The third kappa shape index (κ3) is 5.14. The van der Waals surface area contributed by atoms with E-state index in [4.69, 9.17) is 5.11 Å². The molecule has 1 heterocycles. The maximum absolute atomic E-state index is 12.3. The van der Waals surface area contributed by atoms with Crippen LogP contribution in [0.3, 0.4) is 0 Å². The summed E-state index contributed by atoms with van der Waals surface area (Å²) < 4.78 is 0. The molecule has 0 saturated heterocycles. The number of hydrogen-bond donors (Lipinski definition) is 3. The van der Waals surface area contributed by atoms with E-state index in [1.165, 1.54) is 6.20 Å². The number of carbonyl (C=O) groups excluding carboxylic acids is 1. The molecule has 28 heavy (non-hydrogen) atoms. The molecule has 1 aromatic heterocycles. The molecule has 0 radical (unpaired) electrons. The van der Waals surface area contributed by atoms with Gasteiger partial charge in [0.1, 0.15) is 0 Å². The predicted molar refractivity (Wildman–Crippen MR) is 104 cm³/mol. The standard InChI is InChI=1S/C21H19N3O4/c25-19(26)11-18(24-20(27)17-12-22-21(28)23-13-17)10-14-6-8-16(9-7-14)15-4-2-1-3-5-15/h1-9,12-13,18H,10-11H2,(H,24,27)(H,25,26)(H,22,23,28)/t18-/m1/s1. The molecule has 0 fully saturated rings. The second kappa shape index (κ2) is 8.77. The highest BCUT2D eigenvalue weighted by Gasteiger charge is 2.18. The summed E-state index contributed by atoms with van der Waals surface area (Å²) in [5, 5.41) is 11.9. The van der Waals surface area contributed by atoms with E-state index in [9.17, 15) is 14.4 Å². The minimum atomic E-state index is -1.01. The number of nitrogens with one attached hydrogen (secondary N) is 2. The van der Waals surface area contributed by atoms with Gasteiger partial charge in [0.2, 0.25) is 0 Å². The first-order valence-electron chi connectivity index (χ1n) is 8.73. The summed E-state index contributed by atoms with van der Waals surface area (Å²) in [5.41, 5.74) is 2.66. The summed E-state index contributed by atoms with van der Waals surface area (Å²) in [6.07, 6.45) is 2.55. The molecule has 3 aromatic rings. The molecule has 0 bridgehead atoms. The second-order valence-electron chi connectivity index (χ2n) is 6.34. The number of nitrogens with zero attached hydrogens (tertiary/aromatic N) is 1. The third-order valence-corrected chi connectivity index (χ3v) is 4.23. The summed E-state index contributed by atoms with van der Waals surface area (Å²) >= 11 is 0. The Hall–Kier alpha value is -3.74. The predicted octanol–water partition coefficient (Wildman–Crippen LogP) is 2.25. The zero-order chi connectivity index (χ0) is 19.9. The van der Waals surface area contributed by atoms with Crippen LogP contribution in [0.1, 0.15) is 22.3 Å². The highest BCUT2D eigenvalue weighted by Crippen LogP contribution is 2.20. The van der Waals surface area contributed by atoms with Crippen molar-refractivity contribution in [2.24, 2.45) is 0 Å². The van der Waals surface area contributed by atoms with Gasteiger partial charge in [0.15, 0.2) is 0 Å². The van der Waals surface area contributed by atoms with Gasteiger partial charge in [0.25, 0.3) is 5.91 Å². The van der Waals surface area contributed by atoms with Gasteiger partial charge in [0.05, 0.1) is 12.0 Å². The van der Waals surface area contributed by atoms with Crippen molar-refractivity contribution in [3.63, 3.8) is 0 Å². The number of aromatic nitrogens is 2. The summed E-state index contributed by atoms with van der Waals surface area (Å²) in [6.45, 7) is 0. The lowest BCUT2D eigenvalue weighted by Gasteiger charge is -2.17. The van der Waals surface area contributed by atoms with E-state index < -0.39 is 23.6 Å². The van der Waals surface area contributed by atoms with Crippen molar-refractivity contribution >= 4 is 11.9 Å². The number of carboxylic acid groups (broad SMARTS) is 1. The van der Waals surface area contributed by atoms with E-state index in [0.717, 1.165) is 22.9 Å². The summed E-state index contributed by atoms with van der Waals surface area (Å²) in [7, 11) is 0. The Kier molecular flexibility index (Phi) is 5.96. The Bertz CT molecular complexity index is 993. The number of aromatic amines is 1. The van der Waals surface area contributed by atoms with E-state index in [1.54, 1.807) is 0 Å². The van der Waals surface area contributed by atoms with Gasteiger partial charge in [-0.3, -0.25) is 9.59 Å². The van der Waals surface area contributed by atoms with Crippen molar-refractivity contribution < 1.29 is 14.7 Å². The van der Waals surface area contributed by atoms with Crippen LogP contribution in [-0.2, 0) is 11.2 Å². The van der Waals surface area contributed by atoms with Crippen molar-refractivity contribution in [1.82, 2.24) is 15.3 Å². The number of carbonyl (C=O) groups is 2. The molecular weight excluding hydrogens is 358 g/mol. The average Bonchev–Trinajstić information content (AvgIpc) is 2.69. The molecular formula is C21H19N3O4. The van der Waals surface area contributed by atoms with E-state index >= 15 is 0 Å². The number of rotatable bonds is 7. The Morgan fingerprint density at radius 3 is 2.32 bits per heavy atom. The maximum Gasteiger partial charge on any atom is 0.344 e. The lowest BCUT2D eigenvalue weighted by molar-refractivity contribution is -0.137. The fraction of sp³-hybridized carbons (Fsp3) is 0.143. The van der Waals surface area contributed by atoms with E-state index in [2.05, 4.69) is 15.3 Å². The van der Waals surface area contributed by atoms with Crippen molar-refractivity contribution in [2.45, 2.75) is 18.9 Å². The molecule has 2 aromatic carbocycles. The summed E-state index contributed by atoms with van der Waals surface area (Å²) in [4.78, 5) is 40.3. The SMILES string of the molecule is O=C(O)C[C@@H](Cc1ccc(-c2ccccc2)cc1)NC(=O)c1cnc(=O)[nH]c1. The minimum Gasteiger partial charge on any atom is -0.481 e. The maximum atomic E-state index is 12.3. The highest BCUT2D eigenvalue weighted by molar-refractivity contribution is 5.94. The molecule has 1 amide bonds. The zero-order valence-electron chi connectivity index (χ0n) is 15.0. The Morgan fingerprint density at radius 1 is 1.04 bits per heavy atom. The molecule has 7 nitrogen and oxygen atoms in total. The van der Waals surface area contributed by atoms with Gasteiger partial charge in [-0.2, -0.15) is 0 Å². The van der Waals surface area contributed by atoms with Gasteiger partial charge in [-0.15, -0.1) is 0 Å². The number of amides is 1. The van der Waals surface area contributed by atoms with Crippen LogP contribution < -0.4 is 11.0 Å². The Labute approximate surface area is 161 Å². The van der Waals surface area contributed by atoms with Crippen LogP contribution in [0.5, 0.6) is 0 Å². The molecule has 0 aliphatic heterocycles. The molecule has 1 atom stereocenters. The lowest BCUT2D eigenvalue weighted by Crippen LogP contribution is -2.38. The lowest BCUT2D eigenvalue weighted by atomic mass is 9.99. The second-order valence-corrected chi connectivity index (χ2v) is 6.34. The van der Waals surface area contributed by atoms with Crippen LogP contribution in [0.25, 0.3) is 11.1 Å². The van der Waals surface area contributed by atoms with Crippen molar-refractivity contribution in [2.75, 3.05) is 0 Å². The molecule has 0 unspecified atom stereocenters. The first-order valence-corrected chi connectivity index (χ1v) is 8.73. The fourth-order valence-corrected chi connectivity index (χ4v) is 2.87. The topological polar surface area (TPSA) is 112 Å². The van der Waals surface area contributed by atoms with Crippen LogP contribution >= 0.6 is 0 Å². The minimum absolute atomic E-state index is 0.161. The van der Waals surface area contributed by atoms with Crippen LogP contribution in [0.15, 0.2) is 71.8 Å². The van der Waals surface area contributed by atoms with Crippen molar-refractivity contribution in [3.05, 3.63) is 88.6 Å². The van der Waals surface area contributed by atoms with E-state index in [-0.39, 0.29) is 12.0 Å². The van der Waals surface area contributed by atoms with Gasteiger partial charge < -0.3 is 15.4 Å². The number of H-pyrrole nitrogens is 1. The molecule has 3 rings (SSSR count). The van der Waals surface area contributed by atoms with E-state index in [1.807, 2.05) is 54.6 Å². The summed E-state index contributed by atoms with van der Waals surface area (Å²) in [6, 6.07) is 17.1. The molecule has 3 N–H and O–H groups in total. The fourth-order valence-electron chi connectivity index (χ4n) is 2.87. The van der Waals surface area contributed by atoms with Gasteiger partial charge in [0, 0.05) is 18.4 Å². The first-order chi connectivity index (χ1) is 13.5. The molecule has 0 saturated carbocycles. The first kappa shape index (κ1) is 19.0. The zero-order valence-corrected chi connectivity index (χ0v) is 15.0. The molecule has 7 heteroatoms. The van der Waals surface area contributed by atoms with Gasteiger partial charge in [-0.1, -0.05) is 54.6 Å². The Morgan fingerprint density at radius 2 is 1.71 bits per heavy atom. The quantitative estimate of drug-likeness (QED) is 0.585. The normalized spacial score (nSPS) is 11.6. The summed E-state index contributed by atoms with van der Waals surface area (Å²) in [5.74, 6) is -1.50. The largest absolute Gasteiger partial charge is 0.481 e.